The smallest absolute Gasteiger partial charge is 0.237 e. The molecule has 4 N–H and O–H groups in total. The van der Waals surface area contributed by atoms with Crippen LogP contribution in [0.2, 0.25) is 0 Å². The minimum Gasteiger partial charge on any atom is -0.382 e. The van der Waals surface area contributed by atoms with Gasteiger partial charge in [-0.2, -0.15) is 0 Å². The summed E-state index contributed by atoms with van der Waals surface area (Å²) in [4.78, 5) is 51.7. The van der Waals surface area contributed by atoms with E-state index in [4.69, 9.17) is 21.4 Å². The molecule has 16 heteroatoms. The predicted molar refractivity (Wildman–Crippen MR) is 199 cm³/mol. The summed E-state index contributed by atoms with van der Waals surface area (Å²) >= 11 is 7.00. The number of nitrogens with two attached hydrogens (primary N) is 2. The first-order valence-corrected chi connectivity index (χ1v) is 19.1. The third-order valence-corrected chi connectivity index (χ3v) is 12.1. The Kier molecular flexibility index (Phi) is 9.82. The van der Waals surface area contributed by atoms with Gasteiger partial charge in [-0.1, -0.05) is 0 Å². The number of nitrogens with zero attached hydrogens (tertiary/aromatic N) is 10. The fourth-order valence-corrected chi connectivity index (χ4v) is 9.27. The molecule has 4 saturated heterocycles. The van der Waals surface area contributed by atoms with E-state index in [1.807, 2.05) is 21.2 Å². The van der Waals surface area contributed by atoms with E-state index in [0.29, 0.717) is 58.1 Å². The number of aromatic nitrogens is 6. The Morgan fingerprint density at radius 2 is 1.06 bits per heavy atom. The molecule has 4 atom stereocenters. The van der Waals surface area contributed by atoms with Gasteiger partial charge in [0.1, 0.15) is 31.9 Å². The van der Waals surface area contributed by atoms with Crippen molar-refractivity contribution < 1.29 is 9.59 Å². The zero-order valence-electron chi connectivity index (χ0n) is 29.0. The highest BCUT2D eigenvalue weighted by Gasteiger charge is 2.41. The number of hydrogen-bond acceptors (Lipinski definition) is 10. The van der Waals surface area contributed by atoms with Crippen molar-refractivity contribution in [3.8, 4) is 0 Å². The average molecular weight is 815 g/mol. The molecule has 0 radical (unpaired) electrons. The number of imidazole rings is 2. The number of carbonyl (C=O) groups excluding carboxylic acids is 2. The normalized spacial score (nSPS) is 25.0. The largest absolute Gasteiger partial charge is 0.382 e. The maximum atomic E-state index is 12.7. The highest BCUT2D eigenvalue weighted by atomic mass is 79.9. The Balaban J connectivity index is 0.000000157. The van der Waals surface area contributed by atoms with Crippen LogP contribution < -0.4 is 11.5 Å². The zero-order valence-corrected chi connectivity index (χ0v) is 32.2. The lowest BCUT2D eigenvalue weighted by Crippen LogP contribution is -2.60. The number of nitrogen functional groups attached to an aromatic ring is 2. The fraction of sp³-hybridized carbons (Fsp3) is 0.588. The van der Waals surface area contributed by atoms with Gasteiger partial charge in [-0.15, -0.1) is 0 Å². The van der Waals surface area contributed by atoms with E-state index in [9.17, 15) is 9.59 Å². The molecule has 4 aliphatic rings. The van der Waals surface area contributed by atoms with Gasteiger partial charge in [-0.3, -0.25) is 28.2 Å². The third kappa shape index (κ3) is 6.48. The van der Waals surface area contributed by atoms with Crippen LogP contribution in [0, 0.1) is 0 Å². The van der Waals surface area contributed by atoms with Crippen molar-refractivity contribution in [1.29, 1.82) is 0 Å². The summed E-state index contributed by atoms with van der Waals surface area (Å²) in [7, 11) is 0. The lowest BCUT2D eigenvalue weighted by molar-refractivity contribution is -0.144. The van der Waals surface area contributed by atoms with Gasteiger partial charge in [0.25, 0.3) is 0 Å². The maximum absolute atomic E-state index is 12.7. The lowest BCUT2D eigenvalue weighted by Gasteiger charge is -2.46. The number of anilines is 2. The van der Waals surface area contributed by atoms with Crippen molar-refractivity contribution in [2.45, 2.75) is 89.4 Å². The molecule has 0 aromatic carbocycles. The number of halogens is 2. The molecule has 8 heterocycles. The highest BCUT2D eigenvalue weighted by Crippen LogP contribution is 2.36. The maximum Gasteiger partial charge on any atom is 0.237 e. The van der Waals surface area contributed by atoms with Crippen LogP contribution in [0.3, 0.4) is 0 Å². The summed E-state index contributed by atoms with van der Waals surface area (Å²) in [6.45, 7) is 13.0. The van der Waals surface area contributed by atoms with E-state index < -0.39 is 0 Å². The van der Waals surface area contributed by atoms with Gasteiger partial charge in [0.15, 0.2) is 11.6 Å². The number of fused-ring (bicyclic) bond motifs is 4. The monoisotopic (exact) mass is 812 g/mol. The summed E-state index contributed by atoms with van der Waals surface area (Å²) in [5, 5.41) is 0. The van der Waals surface area contributed by atoms with Crippen molar-refractivity contribution in [3.05, 3.63) is 45.6 Å². The van der Waals surface area contributed by atoms with Crippen molar-refractivity contribution in [1.82, 2.24) is 48.3 Å². The molecule has 8 rings (SSSR count). The summed E-state index contributed by atoms with van der Waals surface area (Å²) in [6.07, 6.45) is 11.2. The third-order valence-electron chi connectivity index (χ3n) is 10.9. The van der Waals surface area contributed by atoms with E-state index in [0.717, 1.165) is 74.5 Å². The molecule has 14 nitrogen and oxygen atoms in total. The SMILES string of the molecule is CC(C)N1CC(=O)N2C[C@H](c3nc(Br)c4c(N)nccn34)CC[C@@H]2C1.CC(C)N1CC(=O)N2C[C@H](c3nc(Br)c4c(N)nccn34)CC[C@H]2C1. The predicted octanol–water partition coefficient (Wildman–Crippen LogP) is 3.75. The van der Waals surface area contributed by atoms with Crippen LogP contribution in [0.4, 0.5) is 11.6 Å². The van der Waals surface area contributed by atoms with Gasteiger partial charge in [-0.05, 0) is 85.2 Å². The second-order valence-electron chi connectivity index (χ2n) is 14.6. The van der Waals surface area contributed by atoms with Crippen molar-refractivity contribution in [2.75, 3.05) is 50.7 Å². The molecule has 0 spiro atoms. The number of piperazine rings is 2. The molecule has 4 aromatic rings. The quantitative estimate of drug-likeness (QED) is 0.311. The lowest BCUT2D eigenvalue weighted by atomic mass is 9.90. The van der Waals surface area contributed by atoms with Gasteiger partial charge >= 0.3 is 0 Å². The Morgan fingerprint density at radius 3 is 1.44 bits per heavy atom. The van der Waals surface area contributed by atoms with Crippen LogP contribution in [0.25, 0.3) is 11.0 Å². The molecule has 0 aliphatic carbocycles. The molecule has 4 aliphatic heterocycles. The molecule has 0 unspecified atom stereocenters. The van der Waals surface area contributed by atoms with Crippen LogP contribution in [0.1, 0.15) is 76.9 Å². The van der Waals surface area contributed by atoms with Crippen LogP contribution in [-0.4, -0.2) is 124 Å². The molecule has 268 valence electrons. The molecule has 4 fully saturated rings. The van der Waals surface area contributed by atoms with Gasteiger partial charge in [0, 0.05) is 87.0 Å². The van der Waals surface area contributed by atoms with Gasteiger partial charge in [0.2, 0.25) is 11.8 Å². The van der Waals surface area contributed by atoms with Crippen molar-refractivity contribution >= 4 is 66.3 Å². The van der Waals surface area contributed by atoms with E-state index in [1.54, 1.807) is 12.4 Å². The van der Waals surface area contributed by atoms with E-state index in [-0.39, 0.29) is 23.7 Å². The topological polar surface area (TPSA) is 160 Å². The molecule has 4 aromatic heterocycles. The number of carbonyl (C=O) groups is 2. The van der Waals surface area contributed by atoms with Gasteiger partial charge in [-0.25, -0.2) is 19.9 Å². The summed E-state index contributed by atoms with van der Waals surface area (Å²) in [6, 6.07) is 1.46. The zero-order chi connectivity index (χ0) is 35.4. The van der Waals surface area contributed by atoms with Crippen molar-refractivity contribution in [3.63, 3.8) is 0 Å². The molecular weight excluding hydrogens is 768 g/mol. The number of piperidine rings is 2. The average Bonchev–Trinajstić information content (AvgIpc) is 3.62. The Hall–Kier alpha value is -3.34. The molecular formula is C34H46Br2N12O2. The second-order valence-corrected chi connectivity index (χ2v) is 16.1. The summed E-state index contributed by atoms with van der Waals surface area (Å²) < 4.78 is 5.44. The van der Waals surface area contributed by atoms with Crippen LogP contribution >= 0.6 is 31.9 Å². The first-order valence-electron chi connectivity index (χ1n) is 17.5. The Bertz CT molecular complexity index is 1770. The fourth-order valence-electron chi connectivity index (χ4n) is 8.11. The minimum absolute atomic E-state index is 0.214. The van der Waals surface area contributed by atoms with Crippen LogP contribution in [0.15, 0.2) is 34.0 Å². The van der Waals surface area contributed by atoms with Gasteiger partial charge < -0.3 is 21.3 Å². The van der Waals surface area contributed by atoms with E-state index >= 15 is 0 Å². The standard InChI is InChI=1S/2C17H23BrN6O/c2*1-10(2)22-8-12-4-3-11(7-24(12)13(25)9-22)17-21-15(18)14-16(19)20-5-6-23(14)17/h2*5-6,10-12H,3-4,7-9H2,1-2H3,(H2,19,20)/t11-,12+;11-,12-/m11/s1. The van der Waals surface area contributed by atoms with Gasteiger partial charge in [0.05, 0.1) is 13.1 Å². The van der Waals surface area contributed by atoms with E-state index in [2.05, 4.69) is 89.1 Å². The molecule has 0 saturated carbocycles. The number of hydrogen-bond donors (Lipinski definition) is 2. The Labute approximate surface area is 308 Å². The number of rotatable bonds is 4. The van der Waals surface area contributed by atoms with E-state index in [1.165, 1.54) is 0 Å². The summed E-state index contributed by atoms with van der Waals surface area (Å²) in [5.74, 6) is 3.72. The first kappa shape index (κ1) is 35.1. The highest BCUT2D eigenvalue weighted by molar-refractivity contribution is 9.10. The van der Waals surface area contributed by atoms with Crippen LogP contribution in [-0.2, 0) is 9.59 Å². The second kappa shape index (κ2) is 14.0. The molecule has 50 heavy (non-hydrogen) atoms. The van der Waals surface area contributed by atoms with Crippen molar-refractivity contribution in [2.24, 2.45) is 0 Å². The molecule has 0 bridgehead atoms. The minimum atomic E-state index is 0.214. The summed E-state index contributed by atoms with van der Waals surface area (Å²) in [5.41, 5.74) is 13.6. The number of amides is 2. The molecule has 2 amide bonds. The van der Waals surface area contributed by atoms with Crippen LogP contribution in [0.5, 0.6) is 0 Å². The Morgan fingerprint density at radius 1 is 0.660 bits per heavy atom. The first-order chi connectivity index (χ1) is 23.9.